The van der Waals surface area contributed by atoms with Crippen molar-refractivity contribution in [2.75, 3.05) is 5.43 Å². The Morgan fingerprint density at radius 3 is 2.60 bits per heavy atom. The Hall–Kier alpha value is -1.95. The van der Waals surface area contributed by atoms with Crippen LogP contribution in [0.25, 0.3) is 0 Å². The zero-order valence-electron chi connectivity index (χ0n) is 8.38. The van der Waals surface area contributed by atoms with E-state index in [0.29, 0.717) is 6.42 Å². The molecule has 2 aromatic rings. The van der Waals surface area contributed by atoms with Gasteiger partial charge in [-0.1, -0.05) is 12.1 Å². The van der Waals surface area contributed by atoms with Gasteiger partial charge in [0.05, 0.1) is 0 Å². The number of benzene rings is 1. The van der Waals surface area contributed by atoms with Crippen LogP contribution in [0.15, 0.2) is 24.3 Å². The summed E-state index contributed by atoms with van der Waals surface area (Å²) < 4.78 is 1.66. The van der Waals surface area contributed by atoms with Crippen molar-refractivity contribution in [2.24, 2.45) is 12.9 Å². The summed E-state index contributed by atoms with van der Waals surface area (Å²) in [6.07, 6.45) is 0.717. The SMILES string of the molecule is Cn1nnnc1Cc1ccc(NN)cc1. The van der Waals surface area contributed by atoms with Crippen LogP contribution in [0, 0.1) is 0 Å². The summed E-state index contributed by atoms with van der Waals surface area (Å²) in [7, 11) is 1.82. The standard InChI is InChI=1S/C9H12N6/c1-15-9(12-13-14-15)6-7-2-4-8(11-10)5-3-7/h2-5,11H,6,10H2,1H3. The lowest BCUT2D eigenvalue weighted by Crippen LogP contribution is -2.06. The van der Waals surface area contributed by atoms with Crippen LogP contribution in [0.1, 0.15) is 11.4 Å². The van der Waals surface area contributed by atoms with Crippen molar-refractivity contribution < 1.29 is 0 Å². The fourth-order valence-electron chi connectivity index (χ4n) is 1.30. The molecule has 1 aromatic heterocycles. The quantitative estimate of drug-likeness (QED) is 0.547. The summed E-state index contributed by atoms with van der Waals surface area (Å²) in [5.74, 6) is 6.11. The van der Waals surface area contributed by atoms with Crippen LogP contribution < -0.4 is 11.3 Å². The van der Waals surface area contributed by atoms with Crippen LogP contribution in [0.4, 0.5) is 5.69 Å². The average Bonchev–Trinajstić information content (AvgIpc) is 2.66. The zero-order chi connectivity index (χ0) is 10.7. The number of aryl methyl sites for hydroxylation is 1. The van der Waals surface area contributed by atoms with Crippen LogP contribution in [-0.4, -0.2) is 20.2 Å². The summed E-state index contributed by atoms with van der Waals surface area (Å²) in [5, 5.41) is 11.3. The third kappa shape index (κ3) is 2.10. The minimum Gasteiger partial charge on any atom is -0.324 e. The molecule has 0 amide bonds. The summed E-state index contributed by atoms with van der Waals surface area (Å²) in [6, 6.07) is 7.81. The van der Waals surface area contributed by atoms with Crippen molar-refractivity contribution in [3.05, 3.63) is 35.7 Å². The van der Waals surface area contributed by atoms with Crippen molar-refractivity contribution in [3.63, 3.8) is 0 Å². The highest BCUT2D eigenvalue weighted by molar-refractivity contribution is 5.43. The minimum absolute atomic E-state index is 0.717. The van der Waals surface area contributed by atoms with E-state index in [1.807, 2.05) is 31.3 Å². The molecule has 0 fully saturated rings. The lowest BCUT2D eigenvalue weighted by Gasteiger charge is -2.02. The van der Waals surface area contributed by atoms with Gasteiger partial charge in [-0.05, 0) is 28.1 Å². The molecule has 0 aliphatic rings. The first-order valence-corrected chi connectivity index (χ1v) is 4.56. The lowest BCUT2D eigenvalue weighted by molar-refractivity contribution is 0.686. The van der Waals surface area contributed by atoms with Crippen molar-refractivity contribution in [2.45, 2.75) is 6.42 Å². The van der Waals surface area contributed by atoms with Gasteiger partial charge in [-0.15, -0.1) is 5.10 Å². The molecule has 6 heteroatoms. The van der Waals surface area contributed by atoms with E-state index < -0.39 is 0 Å². The fourth-order valence-corrected chi connectivity index (χ4v) is 1.30. The van der Waals surface area contributed by atoms with Crippen LogP contribution in [0.2, 0.25) is 0 Å². The van der Waals surface area contributed by atoms with Gasteiger partial charge in [0.1, 0.15) is 0 Å². The second-order valence-corrected chi connectivity index (χ2v) is 3.24. The van der Waals surface area contributed by atoms with Gasteiger partial charge in [-0.25, -0.2) is 4.68 Å². The third-order valence-corrected chi connectivity index (χ3v) is 2.19. The molecule has 1 aromatic carbocycles. The van der Waals surface area contributed by atoms with E-state index in [4.69, 9.17) is 5.84 Å². The number of nitrogen functional groups attached to an aromatic ring is 1. The molecule has 0 saturated heterocycles. The molecule has 0 unspecified atom stereocenters. The van der Waals surface area contributed by atoms with Crippen LogP contribution in [0.5, 0.6) is 0 Å². The molecule has 0 bridgehead atoms. The van der Waals surface area contributed by atoms with E-state index >= 15 is 0 Å². The van der Waals surface area contributed by atoms with Gasteiger partial charge in [0.25, 0.3) is 0 Å². The Balaban J connectivity index is 2.14. The Morgan fingerprint density at radius 2 is 2.07 bits per heavy atom. The van der Waals surface area contributed by atoms with Crippen molar-refractivity contribution >= 4 is 5.69 Å². The molecular weight excluding hydrogens is 192 g/mol. The Labute approximate surface area is 87.1 Å². The summed E-state index contributed by atoms with van der Waals surface area (Å²) >= 11 is 0. The summed E-state index contributed by atoms with van der Waals surface area (Å²) in [6.45, 7) is 0. The molecule has 0 aliphatic heterocycles. The highest BCUT2D eigenvalue weighted by Gasteiger charge is 2.03. The smallest absolute Gasteiger partial charge is 0.155 e. The molecule has 0 aliphatic carbocycles. The molecule has 6 nitrogen and oxygen atoms in total. The first-order valence-electron chi connectivity index (χ1n) is 4.56. The predicted molar refractivity (Wildman–Crippen MR) is 55.9 cm³/mol. The monoisotopic (exact) mass is 204 g/mol. The number of hydrogen-bond donors (Lipinski definition) is 2. The molecule has 2 rings (SSSR count). The maximum atomic E-state index is 5.27. The number of aromatic nitrogens is 4. The maximum Gasteiger partial charge on any atom is 0.155 e. The van der Waals surface area contributed by atoms with Gasteiger partial charge in [-0.3, -0.25) is 5.84 Å². The maximum absolute atomic E-state index is 5.27. The van der Waals surface area contributed by atoms with Gasteiger partial charge in [0.2, 0.25) is 0 Å². The number of tetrazole rings is 1. The number of anilines is 1. The average molecular weight is 204 g/mol. The Bertz CT molecular complexity index is 432. The molecule has 1 heterocycles. The van der Waals surface area contributed by atoms with Crippen molar-refractivity contribution in [1.29, 1.82) is 0 Å². The molecule has 0 saturated carbocycles. The molecule has 78 valence electrons. The lowest BCUT2D eigenvalue weighted by atomic mass is 10.1. The normalized spacial score (nSPS) is 10.3. The van der Waals surface area contributed by atoms with E-state index in [0.717, 1.165) is 17.1 Å². The summed E-state index contributed by atoms with van der Waals surface area (Å²) in [4.78, 5) is 0. The van der Waals surface area contributed by atoms with Gasteiger partial charge in [-0.2, -0.15) is 0 Å². The van der Waals surface area contributed by atoms with Crippen molar-refractivity contribution in [3.8, 4) is 0 Å². The van der Waals surface area contributed by atoms with E-state index in [2.05, 4.69) is 21.0 Å². The second-order valence-electron chi connectivity index (χ2n) is 3.24. The van der Waals surface area contributed by atoms with E-state index in [1.54, 1.807) is 4.68 Å². The first kappa shape index (κ1) is 9.60. The second kappa shape index (κ2) is 4.05. The highest BCUT2D eigenvalue weighted by Crippen LogP contribution is 2.10. The number of nitrogens with one attached hydrogen (secondary N) is 1. The fraction of sp³-hybridized carbons (Fsp3) is 0.222. The third-order valence-electron chi connectivity index (χ3n) is 2.19. The van der Waals surface area contributed by atoms with Crippen LogP contribution in [-0.2, 0) is 13.5 Å². The van der Waals surface area contributed by atoms with E-state index in [9.17, 15) is 0 Å². The number of nitrogens with two attached hydrogens (primary N) is 1. The topological polar surface area (TPSA) is 81.7 Å². The molecule has 0 radical (unpaired) electrons. The molecular formula is C9H12N6. The van der Waals surface area contributed by atoms with Crippen molar-refractivity contribution in [1.82, 2.24) is 20.2 Å². The largest absolute Gasteiger partial charge is 0.324 e. The van der Waals surface area contributed by atoms with Gasteiger partial charge < -0.3 is 5.43 Å². The number of nitrogens with zero attached hydrogens (tertiary/aromatic N) is 4. The van der Waals surface area contributed by atoms with E-state index in [1.165, 1.54) is 0 Å². The number of hydrogen-bond acceptors (Lipinski definition) is 5. The minimum atomic E-state index is 0.717. The van der Waals surface area contributed by atoms with E-state index in [-0.39, 0.29) is 0 Å². The Kier molecular flexibility index (Phi) is 2.59. The van der Waals surface area contributed by atoms with Crippen LogP contribution in [0.3, 0.4) is 0 Å². The zero-order valence-corrected chi connectivity index (χ0v) is 8.38. The Morgan fingerprint density at radius 1 is 1.33 bits per heavy atom. The van der Waals surface area contributed by atoms with Gasteiger partial charge in [0, 0.05) is 19.2 Å². The highest BCUT2D eigenvalue weighted by atomic mass is 15.5. The molecule has 3 N–H and O–H groups in total. The molecule has 15 heavy (non-hydrogen) atoms. The molecule has 0 spiro atoms. The summed E-state index contributed by atoms with van der Waals surface area (Å²) in [5.41, 5.74) is 4.61. The first-order chi connectivity index (χ1) is 7.29. The van der Waals surface area contributed by atoms with Crippen LogP contribution >= 0.6 is 0 Å². The molecule has 0 atom stereocenters. The predicted octanol–water partition coefficient (Wildman–Crippen LogP) is 0.0865. The van der Waals surface area contributed by atoms with Gasteiger partial charge in [0.15, 0.2) is 5.82 Å². The number of rotatable bonds is 3. The number of hydrazine groups is 1. The van der Waals surface area contributed by atoms with Gasteiger partial charge >= 0.3 is 0 Å².